The van der Waals surface area contributed by atoms with Gasteiger partial charge in [0.05, 0.1) is 12.8 Å². The van der Waals surface area contributed by atoms with Crippen LogP contribution in [0, 0.1) is 0 Å². The molecule has 3 heteroatoms. The lowest BCUT2D eigenvalue weighted by Crippen LogP contribution is -2.42. The zero-order chi connectivity index (χ0) is 11.5. The van der Waals surface area contributed by atoms with E-state index in [4.69, 9.17) is 4.42 Å². The molecule has 3 nitrogen and oxygen atoms in total. The van der Waals surface area contributed by atoms with Crippen LogP contribution in [0.5, 0.6) is 0 Å². The van der Waals surface area contributed by atoms with Gasteiger partial charge in [-0.15, -0.1) is 0 Å². The van der Waals surface area contributed by atoms with Gasteiger partial charge in [-0.05, 0) is 44.4 Å². The normalized spacial score (nSPS) is 26.1. The van der Waals surface area contributed by atoms with Crippen molar-refractivity contribution in [1.29, 1.82) is 0 Å². The van der Waals surface area contributed by atoms with Gasteiger partial charge in [-0.25, -0.2) is 0 Å². The van der Waals surface area contributed by atoms with E-state index < -0.39 is 0 Å². The third kappa shape index (κ3) is 2.90. The molecular formula is C14H22N2O. The molecule has 17 heavy (non-hydrogen) atoms. The number of furan rings is 1. The molecule has 0 bridgehead atoms. The predicted molar refractivity (Wildman–Crippen MR) is 67.8 cm³/mol. The first kappa shape index (κ1) is 11.3. The molecule has 0 spiro atoms. The standard InChI is InChI=1S/C14H22N2O/c1-2-8-15-10-13(4-1)16(12-6-7-12)11-14-5-3-9-17-14/h3,5,9,12-13,15H,1-2,4,6-8,10-11H2. The molecule has 1 saturated carbocycles. The second kappa shape index (κ2) is 5.23. The summed E-state index contributed by atoms with van der Waals surface area (Å²) in [7, 11) is 0. The van der Waals surface area contributed by atoms with E-state index in [1.54, 1.807) is 6.26 Å². The summed E-state index contributed by atoms with van der Waals surface area (Å²) >= 11 is 0. The first-order valence-electron chi connectivity index (χ1n) is 6.92. The van der Waals surface area contributed by atoms with Crippen LogP contribution in [0.2, 0.25) is 0 Å². The van der Waals surface area contributed by atoms with E-state index in [0.717, 1.165) is 24.9 Å². The molecule has 2 aliphatic rings. The lowest BCUT2D eigenvalue weighted by Gasteiger charge is -2.30. The summed E-state index contributed by atoms with van der Waals surface area (Å²) in [6, 6.07) is 5.60. The maximum Gasteiger partial charge on any atom is 0.117 e. The fourth-order valence-corrected chi connectivity index (χ4v) is 2.83. The summed E-state index contributed by atoms with van der Waals surface area (Å²) in [5.41, 5.74) is 0. The maximum absolute atomic E-state index is 5.50. The Hall–Kier alpha value is -0.800. The second-order valence-electron chi connectivity index (χ2n) is 5.34. The van der Waals surface area contributed by atoms with Gasteiger partial charge in [0.15, 0.2) is 0 Å². The van der Waals surface area contributed by atoms with Gasteiger partial charge in [-0.2, -0.15) is 0 Å². The molecule has 0 aromatic carbocycles. The van der Waals surface area contributed by atoms with Crippen molar-refractivity contribution in [1.82, 2.24) is 10.2 Å². The smallest absolute Gasteiger partial charge is 0.117 e. The molecular weight excluding hydrogens is 212 g/mol. The molecule has 1 N–H and O–H groups in total. The number of hydrogen-bond donors (Lipinski definition) is 1. The molecule has 0 radical (unpaired) electrons. The monoisotopic (exact) mass is 234 g/mol. The van der Waals surface area contributed by atoms with Crippen molar-refractivity contribution >= 4 is 0 Å². The zero-order valence-corrected chi connectivity index (χ0v) is 10.4. The minimum atomic E-state index is 0.704. The number of hydrogen-bond acceptors (Lipinski definition) is 3. The van der Waals surface area contributed by atoms with Crippen LogP contribution in [0.4, 0.5) is 0 Å². The maximum atomic E-state index is 5.50. The van der Waals surface area contributed by atoms with E-state index in [1.807, 2.05) is 6.07 Å². The highest BCUT2D eigenvalue weighted by Crippen LogP contribution is 2.31. The van der Waals surface area contributed by atoms with Crippen molar-refractivity contribution in [2.24, 2.45) is 0 Å². The van der Waals surface area contributed by atoms with E-state index in [0.29, 0.717) is 6.04 Å². The Morgan fingerprint density at radius 1 is 1.24 bits per heavy atom. The second-order valence-corrected chi connectivity index (χ2v) is 5.34. The lowest BCUT2D eigenvalue weighted by molar-refractivity contribution is 0.156. The molecule has 1 aromatic rings. The Bertz CT molecular complexity index is 324. The van der Waals surface area contributed by atoms with Gasteiger partial charge >= 0.3 is 0 Å². The molecule has 2 fully saturated rings. The molecule has 1 aliphatic carbocycles. The molecule has 1 saturated heterocycles. The van der Waals surface area contributed by atoms with Gasteiger partial charge in [0, 0.05) is 18.6 Å². The van der Waals surface area contributed by atoms with Crippen molar-refractivity contribution in [2.45, 2.75) is 50.7 Å². The van der Waals surface area contributed by atoms with Gasteiger partial charge in [0.1, 0.15) is 5.76 Å². The summed E-state index contributed by atoms with van der Waals surface area (Å²) < 4.78 is 5.50. The molecule has 1 atom stereocenters. The van der Waals surface area contributed by atoms with Crippen LogP contribution < -0.4 is 5.32 Å². The third-order valence-electron chi connectivity index (χ3n) is 3.92. The van der Waals surface area contributed by atoms with Crippen LogP contribution in [0.25, 0.3) is 0 Å². The first-order valence-corrected chi connectivity index (χ1v) is 6.92. The molecule has 2 heterocycles. The van der Waals surface area contributed by atoms with Crippen LogP contribution in [-0.4, -0.2) is 30.1 Å². The highest BCUT2D eigenvalue weighted by Gasteiger charge is 2.34. The van der Waals surface area contributed by atoms with Gasteiger partial charge in [-0.1, -0.05) is 6.42 Å². The van der Waals surface area contributed by atoms with Gasteiger partial charge < -0.3 is 9.73 Å². The minimum Gasteiger partial charge on any atom is -0.468 e. The molecule has 94 valence electrons. The molecule has 1 aliphatic heterocycles. The Labute approximate surface area is 103 Å². The van der Waals surface area contributed by atoms with E-state index in [1.165, 1.54) is 38.6 Å². The third-order valence-corrected chi connectivity index (χ3v) is 3.92. The Kier molecular flexibility index (Phi) is 3.48. The highest BCUT2D eigenvalue weighted by atomic mass is 16.3. The number of nitrogens with one attached hydrogen (secondary N) is 1. The number of rotatable bonds is 4. The van der Waals surface area contributed by atoms with Gasteiger partial charge in [-0.3, -0.25) is 4.90 Å². The fourth-order valence-electron chi connectivity index (χ4n) is 2.83. The summed E-state index contributed by atoms with van der Waals surface area (Å²) in [6.07, 6.45) is 8.55. The van der Waals surface area contributed by atoms with Crippen molar-refractivity contribution in [3.63, 3.8) is 0 Å². The summed E-state index contributed by atoms with van der Waals surface area (Å²) in [6.45, 7) is 3.33. The topological polar surface area (TPSA) is 28.4 Å². The van der Waals surface area contributed by atoms with Crippen molar-refractivity contribution in [2.75, 3.05) is 13.1 Å². The van der Waals surface area contributed by atoms with Crippen LogP contribution in [0.3, 0.4) is 0 Å². The van der Waals surface area contributed by atoms with E-state index in [2.05, 4.69) is 16.3 Å². The fraction of sp³-hybridized carbons (Fsp3) is 0.714. The van der Waals surface area contributed by atoms with Crippen molar-refractivity contribution in [3.8, 4) is 0 Å². The highest BCUT2D eigenvalue weighted by molar-refractivity contribution is 5.01. The Balaban J connectivity index is 1.66. The quantitative estimate of drug-likeness (QED) is 0.867. The molecule has 0 amide bonds. The van der Waals surface area contributed by atoms with Crippen LogP contribution in [-0.2, 0) is 6.54 Å². The minimum absolute atomic E-state index is 0.704. The molecule has 1 unspecified atom stereocenters. The lowest BCUT2D eigenvalue weighted by atomic mass is 10.1. The summed E-state index contributed by atoms with van der Waals surface area (Å²) in [5.74, 6) is 1.11. The molecule has 3 rings (SSSR count). The number of nitrogens with zero attached hydrogens (tertiary/aromatic N) is 1. The summed E-state index contributed by atoms with van der Waals surface area (Å²) in [5, 5.41) is 3.57. The van der Waals surface area contributed by atoms with Crippen LogP contribution in [0.1, 0.15) is 37.9 Å². The average Bonchev–Trinajstić information content (AvgIpc) is 3.11. The average molecular weight is 234 g/mol. The van der Waals surface area contributed by atoms with E-state index >= 15 is 0 Å². The van der Waals surface area contributed by atoms with Crippen LogP contribution in [0.15, 0.2) is 22.8 Å². The first-order chi connectivity index (χ1) is 8.43. The van der Waals surface area contributed by atoms with E-state index in [9.17, 15) is 0 Å². The Morgan fingerprint density at radius 2 is 2.18 bits per heavy atom. The van der Waals surface area contributed by atoms with Gasteiger partial charge in [0.25, 0.3) is 0 Å². The zero-order valence-electron chi connectivity index (χ0n) is 10.4. The molecule has 1 aromatic heterocycles. The largest absolute Gasteiger partial charge is 0.468 e. The van der Waals surface area contributed by atoms with Crippen molar-refractivity contribution in [3.05, 3.63) is 24.2 Å². The van der Waals surface area contributed by atoms with Crippen molar-refractivity contribution < 1.29 is 4.42 Å². The summed E-state index contributed by atoms with van der Waals surface area (Å²) in [4.78, 5) is 2.66. The van der Waals surface area contributed by atoms with E-state index in [-0.39, 0.29) is 0 Å². The van der Waals surface area contributed by atoms with Gasteiger partial charge in [0.2, 0.25) is 0 Å². The predicted octanol–water partition coefficient (Wildman–Crippen LogP) is 2.39. The Morgan fingerprint density at radius 3 is 2.94 bits per heavy atom. The van der Waals surface area contributed by atoms with Crippen LogP contribution >= 0.6 is 0 Å². The SMILES string of the molecule is c1coc(CN(C2CC2)C2CCCCNC2)c1.